The van der Waals surface area contributed by atoms with Crippen LogP contribution in [-0.4, -0.2) is 47.2 Å². The van der Waals surface area contributed by atoms with Gasteiger partial charge in [0.15, 0.2) is 0 Å². The lowest BCUT2D eigenvalue weighted by Crippen LogP contribution is -2.38. The smallest absolute Gasteiger partial charge is 0.147 e. The summed E-state index contributed by atoms with van der Waals surface area (Å²) >= 11 is 0. The minimum atomic E-state index is -2.88. The molecule has 17 heavy (non-hydrogen) atoms. The third-order valence-corrected chi connectivity index (χ3v) is 4.40. The first-order chi connectivity index (χ1) is 7.71. The van der Waals surface area contributed by atoms with Gasteiger partial charge in [0.2, 0.25) is 0 Å². The van der Waals surface area contributed by atoms with Gasteiger partial charge in [-0.05, 0) is 17.8 Å². The average Bonchev–Trinajstić information content (AvgIpc) is 2.20. The summed E-state index contributed by atoms with van der Waals surface area (Å²) in [5.74, 6) is 0.701. The minimum absolute atomic E-state index is 0.0107. The molecule has 0 saturated carbocycles. The van der Waals surface area contributed by atoms with E-state index in [0.29, 0.717) is 18.9 Å². The molecule has 0 aromatic carbocycles. The molecule has 0 rings (SSSR count). The van der Waals surface area contributed by atoms with Crippen LogP contribution in [0.1, 0.15) is 27.2 Å². The molecule has 0 aromatic heterocycles. The third kappa shape index (κ3) is 7.73. The average molecular weight is 265 g/mol. The van der Waals surface area contributed by atoms with Gasteiger partial charge in [0.1, 0.15) is 9.84 Å². The number of hydrogen-bond acceptors (Lipinski definition) is 4. The van der Waals surface area contributed by atoms with E-state index in [9.17, 15) is 8.42 Å². The van der Waals surface area contributed by atoms with Gasteiger partial charge in [-0.25, -0.2) is 8.42 Å². The fourth-order valence-electron chi connectivity index (χ4n) is 1.55. The Morgan fingerprint density at radius 1 is 1.35 bits per heavy atom. The van der Waals surface area contributed by atoms with Crippen molar-refractivity contribution < 1.29 is 13.2 Å². The summed E-state index contributed by atoms with van der Waals surface area (Å²) in [4.78, 5) is 0. The zero-order valence-electron chi connectivity index (χ0n) is 11.7. The molecule has 0 saturated heterocycles. The number of rotatable bonds is 9. The van der Waals surface area contributed by atoms with Crippen LogP contribution in [0.5, 0.6) is 0 Å². The minimum Gasteiger partial charge on any atom is -0.383 e. The number of methoxy groups -OCH3 is 1. The van der Waals surface area contributed by atoms with E-state index in [-0.39, 0.29) is 11.2 Å². The first-order valence-electron chi connectivity index (χ1n) is 6.08. The first kappa shape index (κ1) is 16.9. The van der Waals surface area contributed by atoms with E-state index in [1.807, 2.05) is 0 Å². The van der Waals surface area contributed by atoms with Crippen molar-refractivity contribution in [2.75, 3.05) is 38.8 Å². The van der Waals surface area contributed by atoms with Gasteiger partial charge in [-0.3, -0.25) is 0 Å². The second kappa shape index (κ2) is 7.34. The molecule has 0 heterocycles. The van der Waals surface area contributed by atoms with Gasteiger partial charge in [-0.2, -0.15) is 0 Å². The fourth-order valence-corrected chi connectivity index (χ4v) is 2.39. The molecule has 0 radical (unpaired) electrons. The third-order valence-electron chi connectivity index (χ3n) is 3.45. The molecule has 0 aliphatic rings. The number of nitrogens with one attached hydrogen (secondary N) is 1. The summed E-state index contributed by atoms with van der Waals surface area (Å²) in [7, 11) is -1.20. The SMILES string of the molecule is COCCNCC(C)(CCS(C)(=O)=O)C(C)C. The number of ether oxygens (including phenoxy) is 1. The van der Waals surface area contributed by atoms with Crippen molar-refractivity contribution in [3.05, 3.63) is 0 Å². The molecule has 0 spiro atoms. The van der Waals surface area contributed by atoms with Crippen LogP contribution in [0.3, 0.4) is 0 Å². The normalized spacial score (nSPS) is 16.1. The monoisotopic (exact) mass is 265 g/mol. The fraction of sp³-hybridized carbons (Fsp3) is 1.00. The van der Waals surface area contributed by atoms with E-state index >= 15 is 0 Å². The van der Waals surface area contributed by atoms with Gasteiger partial charge in [0.05, 0.1) is 12.4 Å². The lowest BCUT2D eigenvalue weighted by molar-refractivity contribution is 0.172. The molecule has 5 heteroatoms. The van der Waals surface area contributed by atoms with Crippen LogP contribution in [-0.2, 0) is 14.6 Å². The Bertz CT molecular complexity index is 301. The molecule has 0 aromatic rings. The van der Waals surface area contributed by atoms with Crippen LogP contribution < -0.4 is 5.32 Å². The molecular formula is C12H27NO3S. The van der Waals surface area contributed by atoms with E-state index < -0.39 is 9.84 Å². The molecule has 1 unspecified atom stereocenters. The predicted molar refractivity (Wildman–Crippen MR) is 72.0 cm³/mol. The molecule has 104 valence electrons. The first-order valence-corrected chi connectivity index (χ1v) is 8.15. The molecule has 0 aliphatic carbocycles. The van der Waals surface area contributed by atoms with E-state index in [2.05, 4.69) is 26.1 Å². The topological polar surface area (TPSA) is 55.4 Å². The summed E-state index contributed by atoms with van der Waals surface area (Å²) < 4.78 is 27.4. The largest absolute Gasteiger partial charge is 0.383 e. The summed E-state index contributed by atoms with van der Waals surface area (Å²) in [6, 6.07) is 0. The highest BCUT2D eigenvalue weighted by molar-refractivity contribution is 7.90. The van der Waals surface area contributed by atoms with Crippen molar-refractivity contribution in [3.63, 3.8) is 0 Å². The molecule has 0 fully saturated rings. The molecule has 0 bridgehead atoms. The van der Waals surface area contributed by atoms with Gasteiger partial charge in [-0.1, -0.05) is 20.8 Å². The Hall–Kier alpha value is -0.130. The maximum Gasteiger partial charge on any atom is 0.147 e. The van der Waals surface area contributed by atoms with Crippen molar-refractivity contribution in [2.24, 2.45) is 11.3 Å². The van der Waals surface area contributed by atoms with E-state index in [4.69, 9.17) is 4.74 Å². The zero-order chi connectivity index (χ0) is 13.5. The van der Waals surface area contributed by atoms with Crippen molar-refractivity contribution in [2.45, 2.75) is 27.2 Å². The standard InChI is InChI=1S/C12H27NO3S/c1-11(2)12(3,6-9-17(5,14)15)10-13-7-8-16-4/h11,13H,6-10H2,1-5H3. The molecule has 0 aliphatic heterocycles. The van der Waals surface area contributed by atoms with E-state index in [1.54, 1.807) is 7.11 Å². The van der Waals surface area contributed by atoms with Crippen LogP contribution in [0, 0.1) is 11.3 Å². The Balaban J connectivity index is 4.26. The van der Waals surface area contributed by atoms with E-state index in [1.165, 1.54) is 6.26 Å². The highest BCUT2D eigenvalue weighted by atomic mass is 32.2. The number of sulfone groups is 1. The predicted octanol–water partition coefficient (Wildman–Crippen LogP) is 1.32. The Labute approximate surface area is 106 Å². The second-order valence-electron chi connectivity index (χ2n) is 5.36. The Morgan fingerprint density at radius 3 is 2.35 bits per heavy atom. The quantitative estimate of drug-likeness (QED) is 0.639. The summed E-state index contributed by atoms with van der Waals surface area (Å²) in [5, 5.41) is 3.32. The molecule has 1 atom stereocenters. The second-order valence-corrected chi connectivity index (χ2v) is 7.62. The van der Waals surface area contributed by atoms with Crippen LogP contribution in [0.15, 0.2) is 0 Å². The van der Waals surface area contributed by atoms with Gasteiger partial charge in [0, 0.05) is 26.5 Å². The van der Waals surface area contributed by atoms with Gasteiger partial charge in [0.25, 0.3) is 0 Å². The van der Waals surface area contributed by atoms with Gasteiger partial charge < -0.3 is 10.1 Å². The van der Waals surface area contributed by atoms with Crippen LogP contribution >= 0.6 is 0 Å². The highest BCUT2D eigenvalue weighted by Crippen LogP contribution is 2.30. The molecule has 1 N–H and O–H groups in total. The van der Waals surface area contributed by atoms with Crippen molar-refractivity contribution in [1.29, 1.82) is 0 Å². The number of hydrogen-bond donors (Lipinski definition) is 1. The lowest BCUT2D eigenvalue weighted by atomic mass is 9.77. The molecule has 0 amide bonds. The van der Waals surface area contributed by atoms with Gasteiger partial charge in [-0.15, -0.1) is 0 Å². The highest BCUT2D eigenvalue weighted by Gasteiger charge is 2.28. The summed E-state index contributed by atoms with van der Waals surface area (Å²) in [6.07, 6.45) is 2.00. The van der Waals surface area contributed by atoms with Crippen LogP contribution in [0.25, 0.3) is 0 Å². The lowest BCUT2D eigenvalue weighted by Gasteiger charge is -2.34. The maximum atomic E-state index is 11.2. The molecule has 4 nitrogen and oxygen atoms in total. The van der Waals surface area contributed by atoms with Crippen LogP contribution in [0.4, 0.5) is 0 Å². The molecular weight excluding hydrogens is 238 g/mol. The Kier molecular flexibility index (Phi) is 7.28. The van der Waals surface area contributed by atoms with Crippen molar-refractivity contribution >= 4 is 9.84 Å². The van der Waals surface area contributed by atoms with Crippen molar-refractivity contribution in [1.82, 2.24) is 5.32 Å². The maximum absolute atomic E-state index is 11.2. The van der Waals surface area contributed by atoms with Gasteiger partial charge >= 0.3 is 0 Å². The van der Waals surface area contributed by atoms with Crippen LogP contribution in [0.2, 0.25) is 0 Å². The van der Waals surface area contributed by atoms with E-state index in [0.717, 1.165) is 13.1 Å². The summed E-state index contributed by atoms with van der Waals surface area (Å²) in [5.41, 5.74) is 0.0107. The van der Waals surface area contributed by atoms with Crippen molar-refractivity contribution in [3.8, 4) is 0 Å². The zero-order valence-corrected chi connectivity index (χ0v) is 12.6. The summed E-state index contributed by atoms with van der Waals surface area (Å²) in [6.45, 7) is 8.73. The Morgan fingerprint density at radius 2 is 1.94 bits per heavy atom.